The van der Waals surface area contributed by atoms with E-state index in [1.165, 1.54) is 0 Å². The summed E-state index contributed by atoms with van der Waals surface area (Å²) in [5.41, 5.74) is 12.3. The molecule has 4 heterocycles. The first-order valence-electron chi connectivity index (χ1n) is 18.1. The molecule has 0 atom stereocenters. The Balaban J connectivity index is 1.07. The summed E-state index contributed by atoms with van der Waals surface area (Å²) in [5, 5.41) is 19.3. The van der Waals surface area contributed by atoms with E-state index in [1.807, 2.05) is 36.4 Å². The topological polar surface area (TPSA) is 59.9 Å². The zero-order valence-corrected chi connectivity index (χ0v) is 28.7. The molecule has 0 aliphatic heterocycles. The van der Waals surface area contributed by atoms with Crippen LogP contribution >= 0.6 is 0 Å². The van der Waals surface area contributed by atoms with Gasteiger partial charge in [-0.1, -0.05) is 91.0 Å². The van der Waals surface area contributed by atoms with Crippen molar-refractivity contribution >= 4 is 87.5 Å². The van der Waals surface area contributed by atoms with Gasteiger partial charge in [-0.3, -0.25) is 0 Å². The van der Waals surface area contributed by atoms with Crippen LogP contribution in [0.1, 0.15) is 5.56 Å². The first-order chi connectivity index (χ1) is 26.7. The van der Waals surface area contributed by atoms with Crippen molar-refractivity contribution in [3.8, 4) is 28.6 Å². The molecule has 0 aliphatic carbocycles. The number of furan rings is 2. The van der Waals surface area contributed by atoms with Crippen molar-refractivity contribution < 1.29 is 8.83 Å². The van der Waals surface area contributed by atoms with Crippen LogP contribution in [0, 0.1) is 11.3 Å². The molecule has 12 aromatic rings. The van der Waals surface area contributed by atoms with Crippen LogP contribution in [-0.2, 0) is 0 Å². The molecule has 12 rings (SSSR count). The van der Waals surface area contributed by atoms with E-state index in [4.69, 9.17) is 8.83 Å². The molecular weight excluding hydrogens is 663 g/mol. The van der Waals surface area contributed by atoms with E-state index in [0.717, 1.165) is 110 Å². The van der Waals surface area contributed by atoms with Crippen molar-refractivity contribution in [1.29, 1.82) is 5.26 Å². The van der Waals surface area contributed by atoms with Gasteiger partial charge in [0.15, 0.2) is 0 Å². The molecule has 0 unspecified atom stereocenters. The third-order valence-corrected chi connectivity index (χ3v) is 11.2. The molecule has 5 nitrogen and oxygen atoms in total. The van der Waals surface area contributed by atoms with Crippen molar-refractivity contribution in [3.63, 3.8) is 0 Å². The first-order valence-corrected chi connectivity index (χ1v) is 18.1. The quantitative estimate of drug-likeness (QED) is 0.185. The van der Waals surface area contributed by atoms with Gasteiger partial charge in [-0.15, -0.1) is 0 Å². The van der Waals surface area contributed by atoms with Crippen molar-refractivity contribution in [2.75, 3.05) is 0 Å². The standard InChI is InChI=1S/C49H27N3O2/c50-28-31-21-20-30(27-43(31)52-40-17-6-2-15-38(40)47-42(52)25-23-36-34-13-4-8-19-45(34)54-49(36)47)29-10-9-11-32(26-29)51-39-16-5-1-14-37(39)46-41(51)24-22-35-33-12-3-7-18-44(33)53-48(35)46/h1-27H. The number of aromatic nitrogens is 2. The van der Waals surface area contributed by atoms with E-state index in [2.05, 4.69) is 143 Å². The Morgan fingerprint density at radius 2 is 0.944 bits per heavy atom. The summed E-state index contributed by atoms with van der Waals surface area (Å²) in [5.74, 6) is 0. The van der Waals surface area contributed by atoms with Crippen LogP contribution in [0.2, 0.25) is 0 Å². The third-order valence-electron chi connectivity index (χ3n) is 11.2. The summed E-state index contributed by atoms with van der Waals surface area (Å²) in [6.07, 6.45) is 0. The van der Waals surface area contributed by atoms with E-state index in [9.17, 15) is 5.26 Å². The minimum atomic E-state index is 0.597. The fraction of sp³-hybridized carbons (Fsp3) is 0. The van der Waals surface area contributed by atoms with Crippen LogP contribution in [0.3, 0.4) is 0 Å². The summed E-state index contributed by atoms with van der Waals surface area (Å²) in [6.45, 7) is 0. The second kappa shape index (κ2) is 10.7. The molecule has 4 aromatic heterocycles. The number of hydrogen-bond donors (Lipinski definition) is 0. The lowest BCUT2D eigenvalue weighted by Crippen LogP contribution is -1.99. The molecule has 0 saturated carbocycles. The second-order valence-electron chi connectivity index (χ2n) is 14.0. The van der Waals surface area contributed by atoms with Gasteiger partial charge < -0.3 is 18.0 Å². The fourth-order valence-electron chi connectivity index (χ4n) is 8.82. The Morgan fingerprint density at radius 1 is 0.407 bits per heavy atom. The number of nitrogens with zero attached hydrogens (tertiary/aromatic N) is 3. The SMILES string of the molecule is N#Cc1ccc(-c2cccc(-n3c4ccccc4c4c5oc6ccccc6c5ccc43)c2)cc1-n1c2ccccc2c2c3oc4ccccc4c3ccc21. The Morgan fingerprint density at radius 3 is 1.57 bits per heavy atom. The number of para-hydroxylation sites is 4. The molecular formula is C49H27N3O2. The lowest BCUT2D eigenvalue weighted by atomic mass is 10.0. The fourth-order valence-corrected chi connectivity index (χ4v) is 8.82. The summed E-state index contributed by atoms with van der Waals surface area (Å²) in [6, 6.07) is 59.3. The van der Waals surface area contributed by atoms with Gasteiger partial charge in [0.05, 0.1) is 44.1 Å². The van der Waals surface area contributed by atoms with Gasteiger partial charge in [-0.2, -0.15) is 5.26 Å². The highest BCUT2D eigenvalue weighted by Crippen LogP contribution is 2.43. The predicted molar refractivity (Wildman–Crippen MR) is 220 cm³/mol. The zero-order chi connectivity index (χ0) is 35.5. The van der Waals surface area contributed by atoms with Crippen LogP contribution in [-0.4, -0.2) is 9.13 Å². The number of nitriles is 1. The zero-order valence-electron chi connectivity index (χ0n) is 28.7. The maximum Gasteiger partial charge on any atom is 0.145 e. The second-order valence-corrected chi connectivity index (χ2v) is 14.0. The van der Waals surface area contributed by atoms with Crippen LogP contribution in [0.5, 0.6) is 0 Å². The Labute approximate surface area is 307 Å². The van der Waals surface area contributed by atoms with E-state index >= 15 is 0 Å². The highest BCUT2D eigenvalue weighted by atomic mass is 16.3. The molecule has 5 heteroatoms. The van der Waals surface area contributed by atoms with Gasteiger partial charge >= 0.3 is 0 Å². The highest BCUT2D eigenvalue weighted by Gasteiger charge is 2.22. The molecule has 0 spiro atoms. The normalized spacial score (nSPS) is 12.1. The largest absolute Gasteiger partial charge is 0.455 e. The molecule has 0 bridgehead atoms. The number of rotatable bonds is 3. The van der Waals surface area contributed by atoms with Crippen molar-refractivity contribution in [3.05, 3.63) is 169 Å². The molecule has 8 aromatic carbocycles. The van der Waals surface area contributed by atoms with Gasteiger partial charge in [0.1, 0.15) is 28.4 Å². The predicted octanol–water partition coefficient (Wildman–Crippen LogP) is 13.2. The minimum Gasteiger partial charge on any atom is -0.455 e. The van der Waals surface area contributed by atoms with E-state index in [1.54, 1.807) is 0 Å². The van der Waals surface area contributed by atoms with Crippen molar-refractivity contribution in [1.82, 2.24) is 9.13 Å². The molecule has 0 amide bonds. The first kappa shape index (κ1) is 29.1. The van der Waals surface area contributed by atoms with Crippen LogP contribution in [0.25, 0.3) is 110 Å². The average Bonchev–Trinajstić information content (AvgIpc) is 3.98. The molecule has 54 heavy (non-hydrogen) atoms. The lowest BCUT2D eigenvalue weighted by Gasteiger charge is -2.14. The summed E-state index contributed by atoms with van der Waals surface area (Å²) in [4.78, 5) is 0. The smallest absolute Gasteiger partial charge is 0.145 e. The summed E-state index contributed by atoms with van der Waals surface area (Å²) < 4.78 is 17.6. The molecule has 0 aliphatic rings. The summed E-state index contributed by atoms with van der Waals surface area (Å²) in [7, 11) is 0. The highest BCUT2D eigenvalue weighted by molar-refractivity contribution is 6.25. The average molecular weight is 690 g/mol. The van der Waals surface area contributed by atoms with Gasteiger partial charge in [0, 0.05) is 38.0 Å². The maximum atomic E-state index is 10.5. The number of hydrogen-bond acceptors (Lipinski definition) is 3. The number of fused-ring (bicyclic) bond motifs is 14. The summed E-state index contributed by atoms with van der Waals surface area (Å²) >= 11 is 0. The number of benzene rings is 8. The monoisotopic (exact) mass is 689 g/mol. The van der Waals surface area contributed by atoms with Crippen molar-refractivity contribution in [2.24, 2.45) is 0 Å². The Kier molecular flexibility index (Phi) is 5.78. The molecule has 0 saturated heterocycles. The van der Waals surface area contributed by atoms with E-state index < -0.39 is 0 Å². The van der Waals surface area contributed by atoms with E-state index in [-0.39, 0.29) is 0 Å². The molecule has 0 N–H and O–H groups in total. The van der Waals surface area contributed by atoms with Crippen LogP contribution in [0.15, 0.2) is 173 Å². The maximum absolute atomic E-state index is 10.5. The van der Waals surface area contributed by atoms with Gasteiger partial charge in [0.2, 0.25) is 0 Å². The Hall–Kier alpha value is -7.55. The third kappa shape index (κ3) is 3.86. The van der Waals surface area contributed by atoms with Gasteiger partial charge in [-0.05, 0) is 83.9 Å². The van der Waals surface area contributed by atoms with Crippen molar-refractivity contribution in [2.45, 2.75) is 0 Å². The van der Waals surface area contributed by atoms with Gasteiger partial charge in [-0.25, -0.2) is 0 Å². The molecule has 0 fully saturated rings. The van der Waals surface area contributed by atoms with Gasteiger partial charge in [0.25, 0.3) is 0 Å². The molecule has 0 radical (unpaired) electrons. The van der Waals surface area contributed by atoms with E-state index in [0.29, 0.717) is 5.56 Å². The lowest BCUT2D eigenvalue weighted by molar-refractivity contribution is 0.672. The minimum absolute atomic E-state index is 0.597. The Bertz CT molecular complexity index is 3590. The van der Waals surface area contributed by atoms with Crippen LogP contribution < -0.4 is 0 Å². The molecule has 250 valence electrons. The van der Waals surface area contributed by atoms with Crippen LogP contribution in [0.4, 0.5) is 0 Å².